The molecule has 0 radical (unpaired) electrons. The molecule has 0 saturated heterocycles. The zero-order valence-corrected chi connectivity index (χ0v) is 44.7. The second kappa shape index (κ2) is 47.6. The first kappa shape index (κ1) is 63.5. The van der Waals surface area contributed by atoms with Crippen LogP contribution in [-0.2, 0) is 18.4 Å². The van der Waals surface area contributed by atoms with E-state index in [2.05, 4.69) is 19.2 Å². The Kier molecular flexibility index (Phi) is 47.2. The second-order valence-corrected chi connectivity index (χ2v) is 22.5. The zero-order valence-electron chi connectivity index (χ0n) is 43.8. The fourth-order valence-electron chi connectivity index (χ4n) is 8.87. The molecular weight excluding hydrogens is 816 g/mol. The SMILES string of the molecule is CCCCCCCCCCCCCCCCCCCCCCCCCC(O)C(COP(=O)(O)OCC[N+](C)(C)C)NC(=O)CCCCCCCCCCCCCCCCCCCCC. The van der Waals surface area contributed by atoms with Gasteiger partial charge in [0.15, 0.2) is 0 Å². The number of carbonyl (C=O) groups is 1. The van der Waals surface area contributed by atoms with Gasteiger partial charge in [-0.3, -0.25) is 13.8 Å². The smallest absolute Gasteiger partial charge is 0.391 e. The Labute approximate surface area is 399 Å². The molecule has 8 nitrogen and oxygen atoms in total. The Morgan fingerprint density at radius 3 is 1.05 bits per heavy atom. The van der Waals surface area contributed by atoms with Crippen molar-refractivity contribution in [3.8, 4) is 0 Å². The van der Waals surface area contributed by atoms with Gasteiger partial charge in [-0.15, -0.1) is 0 Å². The zero-order chi connectivity index (χ0) is 47.1. The van der Waals surface area contributed by atoms with Crippen LogP contribution in [-0.4, -0.2) is 73.4 Å². The van der Waals surface area contributed by atoms with Crippen LogP contribution in [0.25, 0.3) is 0 Å². The Bertz CT molecular complexity index is 1010. The van der Waals surface area contributed by atoms with Gasteiger partial charge in [0.25, 0.3) is 0 Å². The summed E-state index contributed by atoms with van der Waals surface area (Å²) < 4.78 is 23.8. The molecule has 0 saturated carbocycles. The number of rotatable bonds is 53. The van der Waals surface area contributed by atoms with Crippen LogP contribution in [0.4, 0.5) is 0 Å². The number of nitrogens with one attached hydrogen (secondary N) is 1. The van der Waals surface area contributed by atoms with Gasteiger partial charge in [0.1, 0.15) is 13.2 Å². The number of aliphatic hydroxyl groups excluding tert-OH is 1. The molecular formula is C55H114N2O6P+. The lowest BCUT2D eigenvalue weighted by molar-refractivity contribution is -0.870. The molecule has 0 aromatic heterocycles. The lowest BCUT2D eigenvalue weighted by atomic mass is 10.0. The van der Waals surface area contributed by atoms with Crippen molar-refractivity contribution in [3.63, 3.8) is 0 Å². The van der Waals surface area contributed by atoms with E-state index in [4.69, 9.17) is 9.05 Å². The van der Waals surface area contributed by atoms with Gasteiger partial charge < -0.3 is 19.8 Å². The largest absolute Gasteiger partial charge is 0.472 e. The van der Waals surface area contributed by atoms with E-state index in [0.717, 1.165) is 38.5 Å². The summed E-state index contributed by atoms with van der Waals surface area (Å²) in [4.78, 5) is 23.3. The van der Waals surface area contributed by atoms with Crippen molar-refractivity contribution in [2.45, 2.75) is 309 Å². The maximum absolute atomic E-state index is 13.0. The molecule has 0 aromatic carbocycles. The quantitative estimate of drug-likeness (QED) is 0.0319. The summed E-state index contributed by atoms with van der Waals surface area (Å²) in [5, 5.41) is 14.1. The highest BCUT2D eigenvalue weighted by Gasteiger charge is 2.28. The number of hydrogen-bond donors (Lipinski definition) is 3. The van der Waals surface area contributed by atoms with Gasteiger partial charge in [-0.2, -0.15) is 0 Å². The molecule has 3 atom stereocenters. The third-order valence-electron chi connectivity index (χ3n) is 13.4. The van der Waals surface area contributed by atoms with E-state index in [-0.39, 0.29) is 19.1 Å². The van der Waals surface area contributed by atoms with Crippen molar-refractivity contribution >= 4 is 13.7 Å². The first-order valence-corrected chi connectivity index (χ1v) is 29.9. The predicted octanol–water partition coefficient (Wildman–Crippen LogP) is 16.9. The molecule has 0 aliphatic heterocycles. The van der Waals surface area contributed by atoms with Crippen LogP contribution in [0.1, 0.15) is 296 Å². The van der Waals surface area contributed by atoms with Gasteiger partial charge in [0.05, 0.1) is 39.9 Å². The van der Waals surface area contributed by atoms with Gasteiger partial charge in [-0.1, -0.05) is 277 Å². The minimum absolute atomic E-state index is 0.0791. The Morgan fingerprint density at radius 2 is 0.750 bits per heavy atom. The van der Waals surface area contributed by atoms with Crippen LogP contribution >= 0.6 is 7.82 Å². The minimum atomic E-state index is -4.32. The Hall–Kier alpha value is -0.500. The predicted molar refractivity (Wildman–Crippen MR) is 277 cm³/mol. The molecule has 0 heterocycles. The van der Waals surface area contributed by atoms with E-state index >= 15 is 0 Å². The maximum Gasteiger partial charge on any atom is 0.472 e. The van der Waals surface area contributed by atoms with E-state index < -0.39 is 20.0 Å². The molecule has 384 valence electrons. The van der Waals surface area contributed by atoms with E-state index in [9.17, 15) is 19.4 Å². The molecule has 0 fully saturated rings. The van der Waals surface area contributed by atoms with Crippen molar-refractivity contribution in [1.82, 2.24) is 5.32 Å². The van der Waals surface area contributed by atoms with Crippen LogP contribution in [0.15, 0.2) is 0 Å². The number of amides is 1. The summed E-state index contributed by atoms with van der Waals surface area (Å²) in [5.41, 5.74) is 0. The molecule has 0 rings (SSSR count). The Balaban J connectivity index is 4.14. The maximum atomic E-state index is 13.0. The molecule has 64 heavy (non-hydrogen) atoms. The van der Waals surface area contributed by atoms with Crippen molar-refractivity contribution in [2.75, 3.05) is 40.9 Å². The average molecular weight is 930 g/mol. The minimum Gasteiger partial charge on any atom is -0.391 e. The third kappa shape index (κ3) is 49.4. The lowest BCUT2D eigenvalue weighted by Gasteiger charge is -2.26. The van der Waals surface area contributed by atoms with Crippen LogP contribution in [0, 0.1) is 0 Å². The van der Waals surface area contributed by atoms with Gasteiger partial charge in [-0.05, 0) is 12.8 Å². The average Bonchev–Trinajstić information content (AvgIpc) is 3.25. The monoisotopic (exact) mass is 930 g/mol. The van der Waals surface area contributed by atoms with Gasteiger partial charge >= 0.3 is 7.82 Å². The fourth-order valence-corrected chi connectivity index (χ4v) is 9.61. The summed E-state index contributed by atoms with van der Waals surface area (Å²) in [6.45, 7) is 4.94. The number of aliphatic hydroxyl groups is 1. The normalized spacial score (nSPS) is 13.9. The molecule has 0 spiro atoms. The van der Waals surface area contributed by atoms with E-state index in [0.29, 0.717) is 23.9 Å². The third-order valence-corrected chi connectivity index (χ3v) is 14.3. The number of unbranched alkanes of at least 4 members (excludes halogenated alkanes) is 40. The van der Waals surface area contributed by atoms with Crippen molar-refractivity contribution in [3.05, 3.63) is 0 Å². The number of carbonyl (C=O) groups excluding carboxylic acids is 1. The first-order valence-electron chi connectivity index (χ1n) is 28.4. The van der Waals surface area contributed by atoms with Crippen molar-refractivity contribution in [1.29, 1.82) is 0 Å². The molecule has 0 aromatic rings. The summed E-state index contributed by atoms with van der Waals surface area (Å²) in [6, 6.07) is -0.755. The van der Waals surface area contributed by atoms with Gasteiger partial charge in [-0.25, -0.2) is 4.57 Å². The summed E-state index contributed by atoms with van der Waals surface area (Å²) in [7, 11) is 1.64. The number of phosphoric acid groups is 1. The molecule has 0 aliphatic rings. The topological polar surface area (TPSA) is 105 Å². The summed E-state index contributed by atoms with van der Waals surface area (Å²) in [5.74, 6) is -0.136. The van der Waals surface area contributed by atoms with E-state index in [1.165, 1.54) is 231 Å². The number of likely N-dealkylation sites (N-methyl/N-ethyl adjacent to an activating group) is 1. The number of nitrogens with zero attached hydrogens (tertiary/aromatic N) is 1. The van der Waals surface area contributed by atoms with E-state index in [1.54, 1.807) is 0 Å². The highest BCUT2D eigenvalue weighted by Crippen LogP contribution is 2.43. The number of hydrogen-bond acceptors (Lipinski definition) is 5. The van der Waals surface area contributed by atoms with Crippen LogP contribution < -0.4 is 5.32 Å². The highest BCUT2D eigenvalue weighted by atomic mass is 31.2. The van der Waals surface area contributed by atoms with Gasteiger partial charge in [0, 0.05) is 6.42 Å². The van der Waals surface area contributed by atoms with Crippen molar-refractivity contribution < 1.29 is 32.9 Å². The summed E-state index contributed by atoms with van der Waals surface area (Å²) >= 11 is 0. The van der Waals surface area contributed by atoms with Gasteiger partial charge in [0.2, 0.25) is 5.91 Å². The first-order chi connectivity index (χ1) is 31.0. The van der Waals surface area contributed by atoms with Crippen molar-refractivity contribution in [2.24, 2.45) is 0 Å². The van der Waals surface area contributed by atoms with Crippen LogP contribution in [0.5, 0.6) is 0 Å². The second-order valence-electron chi connectivity index (χ2n) is 21.0. The summed E-state index contributed by atoms with van der Waals surface area (Å²) in [6.07, 6.45) is 55.8. The number of phosphoric ester groups is 1. The highest BCUT2D eigenvalue weighted by molar-refractivity contribution is 7.47. The molecule has 1 amide bonds. The van der Waals surface area contributed by atoms with Crippen LogP contribution in [0.2, 0.25) is 0 Å². The van der Waals surface area contributed by atoms with E-state index in [1.807, 2.05) is 21.1 Å². The van der Waals surface area contributed by atoms with Crippen LogP contribution in [0.3, 0.4) is 0 Å². The number of quaternary nitrogens is 1. The lowest BCUT2D eigenvalue weighted by Crippen LogP contribution is -2.46. The molecule has 9 heteroatoms. The standard InChI is InChI=1S/C55H113N2O6P/c1-6-8-10-12-14-16-18-20-22-24-26-27-28-29-31-32-34-36-38-40-42-44-46-48-54(58)53(52-63-64(60,61)62-51-50-57(3,4)5)56-55(59)49-47-45-43-41-39-37-35-33-30-25-23-21-19-17-15-13-11-9-7-2/h53-54,58H,6-52H2,1-5H3,(H-,56,59,60,61)/p+1. The molecule has 0 aliphatic carbocycles. The molecule has 3 N–H and O–H groups in total. The fraction of sp³-hybridized carbons (Fsp3) is 0.982. The molecule has 3 unspecified atom stereocenters. The Morgan fingerprint density at radius 1 is 0.469 bits per heavy atom. The molecule has 0 bridgehead atoms.